The molecule has 128 valence electrons. The van der Waals surface area contributed by atoms with Gasteiger partial charge in [0.05, 0.1) is 34.0 Å². The van der Waals surface area contributed by atoms with Crippen molar-refractivity contribution < 1.29 is 23.7 Å². The predicted octanol–water partition coefficient (Wildman–Crippen LogP) is 3.91. The number of ketones is 1. The first-order valence-electron chi connectivity index (χ1n) is 7.19. The lowest BCUT2D eigenvalue weighted by molar-refractivity contribution is 0.0989. The summed E-state index contributed by atoms with van der Waals surface area (Å²) >= 11 is 3.47. The molecule has 0 saturated heterocycles. The molecule has 2 rings (SSSR count). The quantitative estimate of drug-likeness (QED) is 0.666. The van der Waals surface area contributed by atoms with Gasteiger partial charge in [0, 0.05) is 17.0 Å². The van der Waals surface area contributed by atoms with Crippen molar-refractivity contribution >= 4 is 21.7 Å². The number of carbonyl (C=O) groups excluding carboxylic acids is 1. The van der Waals surface area contributed by atoms with Gasteiger partial charge >= 0.3 is 0 Å². The molecule has 0 amide bonds. The van der Waals surface area contributed by atoms with E-state index in [1.165, 1.54) is 7.11 Å². The minimum Gasteiger partial charge on any atom is -0.497 e. The summed E-state index contributed by atoms with van der Waals surface area (Å²) in [6, 6.07) is 8.70. The standard InChI is InChI=1S/C18H19BrO5/c1-21-12-5-6-13(16(9-12)22-2)15(20)7-11-8-17(23-3)18(24-4)10-14(11)19/h5-6,8-10H,7H2,1-4H3. The fraction of sp³-hybridized carbons (Fsp3) is 0.278. The molecule has 5 nitrogen and oxygen atoms in total. The van der Waals surface area contributed by atoms with Gasteiger partial charge in [-0.15, -0.1) is 0 Å². The van der Waals surface area contributed by atoms with Gasteiger partial charge in [0.15, 0.2) is 17.3 Å². The highest BCUT2D eigenvalue weighted by atomic mass is 79.9. The number of ether oxygens (including phenoxy) is 4. The Labute approximate surface area is 149 Å². The highest BCUT2D eigenvalue weighted by Gasteiger charge is 2.17. The highest BCUT2D eigenvalue weighted by molar-refractivity contribution is 9.10. The topological polar surface area (TPSA) is 54.0 Å². The first kappa shape index (κ1) is 18.1. The molecule has 0 aliphatic heterocycles. The van der Waals surface area contributed by atoms with E-state index in [1.807, 2.05) is 0 Å². The Morgan fingerprint density at radius 3 is 2.08 bits per heavy atom. The Hall–Kier alpha value is -2.21. The molecule has 0 atom stereocenters. The molecule has 24 heavy (non-hydrogen) atoms. The van der Waals surface area contributed by atoms with Crippen LogP contribution in [0, 0.1) is 0 Å². The van der Waals surface area contributed by atoms with E-state index >= 15 is 0 Å². The molecular weight excluding hydrogens is 376 g/mol. The summed E-state index contributed by atoms with van der Waals surface area (Å²) in [6.45, 7) is 0. The van der Waals surface area contributed by atoms with Crippen LogP contribution in [0.1, 0.15) is 15.9 Å². The number of hydrogen-bond donors (Lipinski definition) is 0. The summed E-state index contributed by atoms with van der Waals surface area (Å²) in [7, 11) is 6.22. The van der Waals surface area contributed by atoms with Crippen LogP contribution in [0.3, 0.4) is 0 Å². The molecule has 0 fully saturated rings. The number of rotatable bonds is 7. The Morgan fingerprint density at radius 1 is 0.875 bits per heavy atom. The zero-order valence-electron chi connectivity index (χ0n) is 14.0. The van der Waals surface area contributed by atoms with Gasteiger partial charge in [0.1, 0.15) is 11.5 Å². The number of benzene rings is 2. The van der Waals surface area contributed by atoms with Crippen LogP contribution in [-0.2, 0) is 6.42 Å². The smallest absolute Gasteiger partial charge is 0.171 e. The van der Waals surface area contributed by atoms with Crippen molar-refractivity contribution in [3.8, 4) is 23.0 Å². The first-order valence-corrected chi connectivity index (χ1v) is 7.99. The van der Waals surface area contributed by atoms with Crippen molar-refractivity contribution in [3.63, 3.8) is 0 Å². The second kappa shape index (κ2) is 8.06. The minimum atomic E-state index is -0.0672. The van der Waals surface area contributed by atoms with E-state index in [0.717, 1.165) is 10.0 Å². The van der Waals surface area contributed by atoms with Crippen LogP contribution in [-0.4, -0.2) is 34.2 Å². The minimum absolute atomic E-state index is 0.0672. The molecule has 0 heterocycles. The Balaban J connectivity index is 2.33. The summed E-state index contributed by atoms with van der Waals surface area (Å²) in [4.78, 5) is 12.7. The third-order valence-corrected chi connectivity index (χ3v) is 4.35. The fourth-order valence-corrected chi connectivity index (χ4v) is 2.79. The van der Waals surface area contributed by atoms with Crippen molar-refractivity contribution in [1.29, 1.82) is 0 Å². The van der Waals surface area contributed by atoms with Crippen LogP contribution in [0.5, 0.6) is 23.0 Å². The second-order valence-electron chi connectivity index (χ2n) is 4.96. The van der Waals surface area contributed by atoms with Crippen LogP contribution >= 0.6 is 15.9 Å². The maximum Gasteiger partial charge on any atom is 0.171 e. The Kier molecular flexibility index (Phi) is 6.09. The average Bonchev–Trinajstić information content (AvgIpc) is 2.62. The lowest BCUT2D eigenvalue weighted by Crippen LogP contribution is -2.07. The van der Waals surface area contributed by atoms with E-state index in [0.29, 0.717) is 28.6 Å². The van der Waals surface area contributed by atoms with Gasteiger partial charge in [-0.3, -0.25) is 4.79 Å². The molecule has 2 aromatic rings. The lowest BCUT2D eigenvalue weighted by Gasteiger charge is -2.13. The lowest BCUT2D eigenvalue weighted by atomic mass is 10.0. The summed E-state index contributed by atoms with van der Waals surface area (Å²) in [5.41, 5.74) is 1.30. The number of halogens is 1. The van der Waals surface area contributed by atoms with Crippen LogP contribution < -0.4 is 18.9 Å². The van der Waals surface area contributed by atoms with Crippen LogP contribution in [0.2, 0.25) is 0 Å². The molecule has 0 aromatic heterocycles. The van der Waals surface area contributed by atoms with Crippen molar-refractivity contribution in [2.45, 2.75) is 6.42 Å². The van der Waals surface area contributed by atoms with Crippen molar-refractivity contribution in [3.05, 3.63) is 45.9 Å². The van der Waals surface area contributed by atoms with E-state index < -0.39 is 0 Å². The third kappa shape index (κ3) is 3.82. The maximum atomic E-state index is 12.7. The monoisotopic (exact) mass is 394 g/mol. The first-order chi connectivity index (χ1) is 11.5. The van der Waals surface area contributed by atoms with Crippen LogP contribution in [0.25, 0.3) is 0 Å². The number of Topliss-reactive ketones (excluding diaryl/α,β-unsaturated/α-hetero) is 1. The van der Waals surface area contributed by atoms with E-state index in [-0.39, 0.29) is 12.2 Å². The molecule has 6 heteroatoms. The third-order valence-electron chi connectivity index (χ3n) is 3.61. The van der Waals surface area contributed by atoms with Crippen LogP contribution in [0.15, 0.2) is 34.8 Å². The largest absolute Gasteiger partial charge is 0.497 e. The van der Waals surface area contributed by atoms with Gasteiger partial charge in [-0.25, -0.2) is 0 Å². The van der Waals surface area contributed by atoms with Crippen molar-refractivity contribution in [2.24, 2.45) is 0 Å². The average molecular weight is 395 g/mol. The van der Waals surface area contributed by atoms with Gasteiger partial charge in [-0.05, 0) is 29.8 Å². The van der Waals surface area contributed by atoms with Gasteiger partial charge < -0.3 is 18.9 Å². The van der Waals surface area contributed by atoms with Crippen molar-refractivity contribution in [2.75, 3.05) is 28.4 Å². The van der Waals surface area contributed by atoms with Gasteiger partial charge in [0.25, 0.3) is 0 Å². The molecule has 2 aromatic carbocycles. The van der Waals surface area contributed by atoms with Crippen LogP contribution in [0.4, 0.5) is 0 Å². The summed E-state index contributed by atoms with van der Waals surface area (Å²) in [5.74, 6) is 2.22. The van der Waals surface area contributed by atoms with Gasteiger partial charge in [-0.1, -0.05) is 15.9 Å². The molecular formula is C18H19BrO5. The molecule has 0 spiro atoms. The molecule has 0 bridgehead atoms. The van der Waals surface area contributed by atoms with Crippen molar-refractivity contribution in [1.82, 2.24) is 0 Å². The summed E-state index contributed by atoms with van der Waals surface area (Å²) in [5, 5.41) is 0. The number of hydrogen-bond acceptors (Lipinski definition) is 5. The molecule has 0 aliphatic rings. The SMILES string of the molecule is COc1ccc(C(=O)Cc2cc(OC)c(OC)cc2Br)c(OC)c1. The number of carbonyl (C=O) groups is 1. The second-order valence-corrected chi connectivity index (χ2v) is 5.82. The fourth-order valence-electron chi connectivity index (χ4n) is 2.33. The molecule has 0 N–H and O–H groups in total. The highest BCUT2D eigenvalue weighted by Crippen LogP contribution is 2.34. The molecule has 0 aliphatic carbocycles. The Bertz CT molecular complexity index is 742. The number of methoxy groups -OCH3 is 4. The molecule has 0 saturated carbocycles. The van der Waals surface area contributed by atoms with E-state index in [2.05, 4.69) is 15.9 Å². The Morgan fingerprint density at radius 2 is 1.50 bits per heavy atom. The zero-order chi connectivity index (χ0) is 17.7. The van der Waals surface area contributed by atoms with E-state index in [4.69, 9.17) is 18.9 Å². The van der Waals surface area contributed by atoms with Gasteiger partial charge in [0.2, 0.25) is 0 Å². The summed E-state index contributed by atoms with van der Waals surface area (Å²) < 4.78 is 21.8. The van der Waals surface area contributed by atoms with E-state index in [9.17, 15) is 4.79 Å². The maximum absolute atomic E-state index is 12.7. The zero-order valence-corrected chi connectivity index (χ0v) is 15.6. The summed E-state index contributed by atoms with van der Waals surface area (Å²) in [6.07, 6.45) is 0.198. The molecule has 0 radical (unpaired) electrons. The van der Waals surface area contributed by atoms with E-state index in [1.54, 1.807) is 51.7 Å². The predicted molar refractivity (Wildman–Crippen MR) is 94.8 cm³/mol. The van der Waals surface area contributed by atoms with Gasteiger partial charge in [-0.2, -0.15) is 0 Å². The molecule has 0 unspecified atom stereocenters. The normalized spacial score (nSPS) is 10.2.